The molecule has 2 atom stereocenters. The lowest BCUT2D eigenvalue weighted by Gasteiger charge is -2.56. The van der Waals surface area contributed by atoms with E-state index >= 15 is 0 Å². The number of hydrogen-bond acceptors (Lipinski definition) is 3. The molecular weight excluding hydrogens is 298 g/mol. The normalized spacial score (nSPS) is 30.0. The lowest BCUT2D eigenvalue weighted by atomic mass is 9.48. The van der Waals surface area contributed by atoms with Crippen molar-refractivity contribution in [2.45, 2.75) is 27.2 Å². The molecule has 4 heteroatoms. The van der Waals surface area contributed by atoms with Crippen LogP contribution in [0.5, 0.6) is 5.75 Å². The van der Waals surface area contributed by atoms with Crippen LogP contribution in [0.1, 0.15) is 25.8 Å². The molecule has 0 bridgehead atoms. The molecule has 1 saturated carbocycles. The molecule has 3 rings (SSSR count). The van der Waals surface area contributed by atoms with E-state index in [1.165, 1.54) is 0 Å². The van der Waals surface area contributed by atoms with E-state index in [9.17, 15) is 5.11 Å². The van der Waals surface area contributed by atoms with Crippen molar-refractivity contribution < 1.29 is 9.84 Å². The van der Waals surface area contributed by atoms with Gasteiger partial charge in [-0.2, -0.15) is 0 Å². The number of halogens is 1. The molecule has 0 amide bonds. The molecule has 122 valence electrons. The third-order valence-electron chi connectivity index (χ3n) is 5.54. The van der Waals surface area contributed by atoms with Crippen molar-refractivity contribution in [3.8, 4) is 5.75 Å². The second-order valence-corrected chi connectivity index (χ2v) is 8.16. The highest BCUT2D eigenvalue weighted by atomic mass is 35.5. The van der Waals surface area contributed by atoms with Crippen molar-refractivity contribution in [3.05, 3.63) is 28.8 Å². The number of ether oxygens (including phenoxy) is 1. The molecule has 0 unspecified atom stereocenters. The Bertz CT molecular complexity index is 560. The summed E-state index contributed by atoms with van der Waals surface area (Å²) in [5, 5.41) is 10.5. The molecule has 1 N–H and O–H groups in total. The third kappa shape index (κ3) is 2.75. The average molecular weight is 324 g/mol. The second kappa shape index (κ2) is 5.70. The summed E-state index contributed by atoms with van der Waals surface area (Å²) in [5.41, 5.74) is 1.64. The Morgan fingerprint density at radius 1 is 1.41 bits per heavy atom. The van der Waals surface area contributed by atoms with Crippen molar-refractivity contribution in [1.29, 1.82) is 0 Å². The van der Waals surface area contributed by atoms with Crippen LogP contribution in [0.25, 0.3) is 0 Å². The minimum atomic E-state index is 0.129. The van der Waals surface area contributed by atoms with Gasteiger partial charge >= 0.3 is 0 Å². The van der Waals surface area contributed by atoms with Crippen LogP contribution >= 0.6 is 11.6 Å². The Hall–Kier alpha value is -0.770. The Morgan fingerprint density at radius 2 is 2.18 bits per heavy atom. The van der Waals surface area contributed by atoms with Gasteiger partial charge in [-0.1, -0.05) is 31.5 Å². The Balaban J connectivity index is 1.54. The fraction of sp³-hybridized carbons (Fsp3) is 0.667. The topological polar surface area (TPSA) is 32.7 Å². The quantitative estimate of drug-likeness (QED) is 0.901. The minimum Gasteiger partial charge on any atom is -0.491 e. The molecule has 2 fully saturated rings. The SMILES string of the molecule is Cc1ccc(Cl)c(OCCN2C[C@@H]3C(C)(C)C[C@]3(CO)C2)c1. The predicted molar refractivity (Wildman–Crippen MR) is 89.5 cm³/mol. The van der Waals surface area contributed by atoms with E-state index < -0.39 is 0 Å². The fourth-order valence-corrected chi connectivity index (χ4v) is 4.79. The van der Waals surface area contributed by atoms with Gasteiger partial charge in [0.25, 0.3) is 0 Å². The summed E-state index contributed by atoms with van der Waals surface area (Å²) >= 11 is 6.16. The summed E-state index contributed by atoms with van der Waals surface area (Å²) in [4.78, 5) is 2.43. The van der Waals surface area contributed by atoms with Crippen molar-refractivity contribution >= 4 is 11.6 Å². The zero-order valence-electron chi connectivity index (χ0n) is 13.7. The van der Waals surface area contributed by atoms with E-state index in [2.05, 4.69) is 18.7 Å². The molecule has 1 saturated heterocycles. The van der Waals surface area contributed by atoms with E-state index in [-0.39, 0.29) is 5.41 Å². The van der Waals surface area contributed by atoms with Crippen molar-refractivity contribution in [3.63, 3.8) is 0 Å². The summed E-state index contributed by atoms with van der Waals surface area (Å²) in [6.45, 7) is 10.6. The van der Waals surface area contributed by atoms with Gasteiger partial charge in [0.1, 0.15) is 12.4 Å². The van der Waals surface area contributed by atoms with Crippen molar-refractivity contribution in [2.24, 2.45) is 16.7 Å². The lowest BCUT2D eigenvalue weighted by Crippen LogP contribution is -2.54. The molecule has 1 aliphatic heterocycles. The summed E-state index contributed by atoms with van der Waals surface area (Å²) in [7, 11) is 0. The first kappa shape index (κ1) is 16.1. The lowest BCUT2D eigenvalue weighted by molar-refractivity contribution is -0.0977. The maximum absolute atomic E-state index is 9.79. The molecule has 0 spiro atoms. The molecule has 1 aromatic carbocycles. The summed E-state index contributed by atoms with van der Waals surface area (Å²) < 4.78 is 5.85. The average Bonchev–Trinajstić information content (AvgIpc) is 2.77. The predicted octanol–water partition coefficient (Wildman–Crippen LogP) is 3.37. The highest BCUT2D eigenvalue weighted by molar-refractivity contribution is 6.32. The maximum Gasteiger partial charge on any atom is 0.138 e. The maximum atomic E-state index is 9.79. The van der Waals surface area contributed by atoms with Gasteiger partial charge < -0.3 is 9.84 Å². The van der Waals surface area contributed by atoms with Crippen molar-refractivity contribution in [1.82, 2.24) is 4.90 Å². The van der Waals surface area contributed by atoms with Gasteiger partial charge in [0.15, 0.2) is 0 Å². The largest absolute Gasteiger partial charge is 0.491 e. The van der Waals surface area contributed by atoms with E-state index in [1.807, 2.05) is 25.1 Å². The molecule has 1 heterocycles. The van der Waals surface area contributed by atoms with Crippen LogP contribution < -0.4 is 4.74 Å². The van der Waals surface area contributed by atoms with Gasteiger partial charge in [-0.05, 0) is 42.4 Å². The van der Waals surface area contributed by atoms with Gasteiger partial charge in [-0.25, -0.2) is 0 Å². The van der Waals surface area contributed by atoms with Gasteiger partial charge in [0.05, 0.1) is 11.6 Å². The zero-order valence-corrected chi connectivity index (χ0v) is 14.5. The van der Waals surface area contributed by atoms with E-state index in [0.717, 1.165) is 37.4 Å². The number of aliphatic hydroxyl groups is 1. The van der Waals surface area contributed by atoms with Crippen LogP contribution in [0.4, 0.5) is 0 Å². The van der Waals surface area contributed by atoms with Gasteiger partial charge in [0.2, 0.25) is 0 Å². The van der Waals surface area contributed by atoms with Gasteiger partial charge in [0, 0.05) is 25.0 Å². The van der Waals surface area contributed by atoms with E-state index in [1.54, 1.807) is 0 Å². The highest BCUT2D eigenvalue weighted by Crippen LogP contribution is 2.62. The third-order valence-corrected chi connectivity index (χ3v) is 5.85. The minimum absolute atomic E-state index is 0.129. The highest BCUT2D eigenvalue weighted by Gasteiger charge is 2.62. The number of benzene rings is 1. The molecule has 1 aliphatic carbocycles. The molecule has 1 aromatic rings. The van der Waals surface area contributed by atoms with E-state index in [4.69, 9.17) is 16.3 Å². The first-order valence-electron chi connectivity index (χ1n) is 8.08. The van der Waals surface area contributed by atoms with Crippen LogP contribution in [0, 0.1) is 23.7 Å². The second-order valence-electron chi connectivity index (χ2n) is 7.76. The molecular formula is C18H26ClNO2. The Kier molecular flexibility index (Phi) is 4.17. The van der Waals surface area contributed by atoms with Crippen LogP contribution in [-0.4, -0.2) is 42.9 Å². The molecule has 2 aliphatic rings. The number of hydrogen-bond donors (Lipinski definition) is 1. The molecule has 3 nitrogen and oxygen atoms in total. The number of aryl methyl sites for hydroxylation is 1. The standard InChI is InChI=1S/C18H26ClNO2/c1-13-4-5-14(19)15(8-13)22-7-6-20-9-16-17(2,3)10-18(16,11-20)12-21/h4-5,8,16,21H,6-7,9-12H2,1-3H3/t16-,18-/m1/s1. The monoisotopic (exact) mass is 323 g/mol. The fourth-order valence-electron chi connectivity index (χ4n) is 4.62. The number of nitrogens with zero attached hydrogens (tertiary/aromatic N) is 1. The van der Waals surface area contributed by atoms with Crippen molar-refractivity contribution in [2.75, 3.05) is 32.8 Å². The summed E-state index contributed by atoms with van der Waals surface area (Å²) in [6.07, 6.45) is 1.13. The van der Waals surface area contributed by atoms with E-state index in [0.29, 0.717) is 29.6 Å². The number of aliphatic hydroxyl groups excluding tert-OH is 1. The van der Waals surface area contributed by atoms with Gasteiger partial charge in [-0.15, -0.1) is 0 Å². The zero-order chi connectivity index (χ0) is 16.0. The van der Waals surface area contributed by atoms with Crippen LogP contribution in [0.3, 0.4) is 0 Å². The Morgan fingerprint density at radius 3 is 2.82 bits per heavy atom. The summed E-state index contributed by atoms with van der Waals surface area (Å²) in [5.74, 6) is 1.37. The Labute approximate surface area is 138 Å². The number of rotatable bonds is 5. The smallest absolute Gasteiger partial charge is 0.138 e. The first-order chi connectivity index (χ1) is 10.4. The van der Waals surface area contributed by atoms with Crippen LogP contribution in [-0.2, 0) is 0 Å². The molecule has 0 radical (unpaired) electrons. The number of fused-ring (bicyclic) bond motifs is 1. The molecule has 0 aromatic heterocycles. The number of likely N-dealkylation sites (tertiary alicyclic amines) is 1. The molecule has 22 heavy (non-hydrogen) atoms. The first-order valence-corrected chi connectivity index (χ1v) is 8.46. The van der Waals surface area contributed by atoms with Crippen LogP contribution in [0.15, 0.2) is 18.2 Å². The van der Waals surface area contributed by atoms with Gasteiger partial charge in [-0.3, -0.25) is 4.90 Å². The summed E-state index contributed by atoms with van der Waals surface area (Å²) in [6, 6.07) is 5.85. The van der Waals surface area contributed by atoms with Crippen LogP contribution in [0.2, 0.25) is 5.02 Å².